The second kappa shape index (κ2) is 36.3. The van der Waals surface area contributed by atoms with Crippen LogP contribution in [-0.4, -0.2) is 230 Å². The molecule has 4 aliphatic heterocycles. The summed E-state index contributed by atoms with van der Waals surface area (Å²) < 4.78 is 69.6. The SMILES string of the molecule is CN(C/C=C/C(=O)N1CCN(c2nc(OC[C@@H]3CCCN3C)nc3c2CCN(c2cccc4cccc(Cl)c24)C3)C[C@@H]1CC#N)CCOCCOCCOCCOCCOCCOCCON(C)C(=O)N1N=C(c2cc(F)ccc2F)SC1(CCCN)c1ccccc1. The molecule has 2 saturated heterocycles. The van der Waals surface area contributed by atoms with Crippen molar-refractivity contribution in [3.63, 3.8) is 0 Å². The summed E-state index contributed by atoms with van der Waals surface area (Å²) in [6, 6.07) is 26.7. The van der Waals surface area contributed by atoms with E-state index in [1.54, 1.807) is 6.08 Å². The fraction of sp³-hybridized carbons (Fsp3) is 0.522. The van der Waals surface area contributed by atoms with Crippen LogP contribution in [0.5, 0.6) is 6.01 Å². The van der Waals surface area contributed by atoms with Gasteiger partial charge in [0.05, 0.1) is 122 Å². The first-order valence-electron chi connectivity index (χ1n) is 32.0. The highest BCUT2D eigenvalue weighted by molar-refractivity contribution is 8.15. The Hall–Kier alpha value is -6.64. The summed E-state index contributed by atoms with van der Waals surface area (Å²) in [6.45, 7) is 10.5. The quantitative estimate of drug-likeness (QED) is 0.0227. The third-order valence-corrected chi connectivity index (χ3v) is 18.4. The molecule has 26 heteroatoms. The zero-order valence-electron chi connectivity index (χ0n) is 53.5. The fourth-order valence-electron chi connectivity index (χ4n) is 11.7. The van der Waals surface area contributed by atoms with E-state index in [0.29, 0.717) is 161 Å². The summed E-state index contributed by atoms with van der Waals surface area (Å²) in [7, 11) is 5.56. The van der Waals surface area contributed by atoms with Crippen molar-refractivity contribution < 1.29 is 56.4 Å². The van der Waals surface area contributed by atoms with Crippen LogP contribution in [0, 0.1) is 23.0 Å². The van der Waals surface area contributed by atoms with E-state index in [-0.39, 0.29) is 42.2 Å². The number of halogens is 3. The van der Waals surface area contributed by atoms with Crippen molar-refractivity contribution in [2.75, 3.05) is 176 Å². The molecule has 4 aromatic carbocycles. The van der Waals surface area contributed by atoms with Crippen LogP contribution in [0.4, 0.5) is 25.1 Å². The summed E-state index contributed by atoms with van der Waals surface area (Å²) in [5.74, 6) is -0.592. The third kappa shape index (κ3) is 19.5. The monoisotopic (exact) mass is 1320 g/mol. The van der Waals surface area contributed by atoms with Crippen LogP contribution in [0.25, 0.3) is 10.8 Å². The zero-order chi connectivity index (χ0) is 65.4. The third-order valence-electron chi connectivity index (χ3n) is 16.7. The number of likely N-dealkylation sites (tertiary alicyclic amines) is 1. The minimum atomic E-state index is -1.09. The van der Waals surface area contributed by atoms with Crippen molar-refractivity contribution in [3.8, 4) is 12.1 Å². The lowest BCUT2D eigenvalue weighted by atomic mass is 10.0. The van der Waals surface area contributed by atoms with E-state index in [9.17, 15) is 23.6 Å². The number of rotatable bonds is 36. The predicted octanol–water partition coefficient (Wildman–Crippen LogP) is 8.10. The molecule has 1 unspecified atom stereocenters. The van der Waals surface area contributed by atoms with Crippen LogP contribution in [-0.2, 0) is 55.9 Å². The molecule has 4 aliphatic rings. The van der Waals surface area contributed by atoms with Gasteiger partial charge >= 0.3 is 12.0 Å². The number of amides is 3. The van der Waals surface area contributed by atoms with Gasteiger partial charge in [0.15, 0.2) is 0 Å². The lowest BCUT2D eigenvalue weighted by Crippen LogP contribution is -2.55. The number of nitriles is 1. The zero-order valence-corrected chi connectivity index (χ0v) is 55.1. The number of hydrogen-bond donors (Lipinski definition) is 1. The number of hydrazone groups is 1. The van der Waals surface area contributed by atoms with Gasteiger partial charge in [-0.2, -0.15) is 25.3 Å². The van der Waals surface area contributed by atoms with E-state index < -0.39 is 22.5 Å². The predicted molar refractivity (Wildman–Crippen MR) is 354 cm³/mol. The normalized spacial score (nSPS) is 18.5. The molecule has 5 aromatic rings. The first-order valence-corrected chi connectivity index (χ1v) is 33.1. The number of nitrogens with two attached hydrogens (primary N) is 1. The lowest BCUT2D eigenvalue weighted by molar-refractivity contribution is -0.128. The number of carbonyl (C=O) groups excluding carboxylic acids is 2. The highest BCUT2D eigenvalue weighted by Gasteiger charge is 2.50. The lowest BCUT2D eigenvalue weighted by Gasteiger charge is -2.42. The second-order valence-electron chi connectivity index (χ2n) is 23.1. The Balaban J connectivity index is 0.595. The smallest absolute Gasteiger partial charge is 0.365 e. The first kappa shape index (κ1) is 70.7. The Morgan fingerprint density at radius 3 is 2.18 bits per heavy atom. The van der Waals surface area contributed by atoms with Crippen molar-refractivity contribution in [3.05, 3.63) is 136 Å². The van der Waals surface area contributed by atoms with Crippen LogP contribution in [0.3, 0.4) is 0 Å². The Labute approximate surface area is 553 Å². The molecule has 2 N–H and O–H groups in total. The number of carbonyl (C=O) groups is 2. The highest BCUT2D eigenvalue weighted by atomic mass is 35.5. The minimum Gasteiger partial charge on any atom is -0.462 e. The minimum absolute atomic E-state index is 0.0472. The molecule has 2 fully saturated rings. The van der Waals surface area contributed by atoms with Crippen molar-refractivity contribution in [1.29, 1.82) is 5.26 Å². The van der Waals surface area contributed by atoms with Gasteiger partial charge in [-0.1, -0.05) is 84.0 Å². The Morgan fingerprint density at radius 2 is 1.51 bits per heavy atom. The average molecular weight is 1330 g/mol. The van der Waals surface area contributed by atoms with Crippen LogP contribution >= 0.6 is 23.4 Å². The van der Waals surface area contributed by atoms with Gasteiger partial charge in [0, 0.05) is 80.6 Å². The molecule has 0 spiro atoms. The van der Waals surface area contributed by atoms with Gasteiger partial charge in [0.1, 0.15) is 34.0 Å². The molecule has 9 rings (SSSR count). The standard InChI is InChI=1S/C67H87ClF2N12O10S/c1-76(27-10-19-61(83)81-31-30-80(47-53(81)22-26-72)63-55-23-29-79(60-18-8-13-50-12-7-17-57(68)62(50)60)48-59(55)73-65(74-63)91-49-54-16-9-28-77(54)2)32-33-85-34-35-86-36-37-87-38-39-88-40-41-89-42-43-90-44-45-92-78(3)66(84)82-67(24-11-25-71,51-14-5-4-6-15-51)93-64(75-82)56-46-52(69)20-21-58(56)70/h4-8,10,12-15,17-21,46,53-54H,9,11,16,22-25,27-45,47-49,71H2,1-3H3/b19-10+/t53-,54-,67?/m0/s1. The summed E-state index contributed by atoms with van der Waals surface area (Å²) >= 11 is 7.97. The Kier molecular flexibility index (Phi) is 27.6. The molecule has 3 atom stereocenters. The molecular formula is C67H87ClF2N12O10S. The fourth-order valence-corrected chi connectivity index (χ4v) is 13.4. The molecule has 93 heavy (non-hydrogen) atoms. The number of hydroxylamine groups is 2. The second-order valence-corrected chi connectivity index (χ2v) is 24.7. The number of benzene rings is 4. The topological polar surface area (TPSA) is 219 Å². The molecule has 22 nitrogen and oxygen atoms in total. The number of nitrogens with zero attached hydrogens (tertiary/aromatic N) is 11. The van der Waals surface area contributed by atoms with E-state index in [1.807, 2.05) is 60.5 Å². The van der Waals surface area contributed by atoms with Crippen LogP contribution in [0.15, 0.2) is 102 Å². The number of likely N-dealkylation sites (N-methyl/N-ethyl adjacent to an activating group) is 2. The molecule has 0 saturated carbocycles. The molecule has 502 valence electrons. The van der Waals surface area contributed by atoms with Crippen LogP contribution in [0.1, 0.15) is 54.5 Å². The van der Waals surface area contributed by atoms with Gasteiger partial charge in [0.25, 0.3) is 0 Å². The molecule has 3 amide bonds. The number of ether oxygens (including phenoxy) is 7. The maximum absolute atomic E-state index is 15.0. The summed E-state index contributed by atoms with van der Waals surface area (Å²) in [5.41, 5.74) is 9.65. The van der Waals surface area contributed by atoms with E-state index in [0.717, 1.165) is 88.3 Å². The number of piperazine rings is 1. The van der Waals surface area contributed by atoms with Crippen molar-refractivity contribution in [2.45, 2.75) is 62.0 Å². The Bertz CT molecular complexity index is 3320. The summed E-state index contributed by atoms with van der Waals surface area (Å²) in [5, 5.41) is 19.8. The van der Waals surface area contributed by atoms with Crippen LogP contribution < -0.4 is 20.3 Å². The van der Waals surface area contributed by atoms with E-state index in [4.69, 9.17) is 65.3 Å². The van der Waals surface area contributed by atoms with Gasteiger partial charge in [-0.3, -0.25) is 9.63 Å². The Morgan fingerprint density at radius 1 is 0.817 bits per heavy atom. The van der Waals surface area contributed by atoms with Crippen molar-refractivity contribution in [2.24, 2.45) is 10.8 Å². The number of hydrogen-bond acceptors (Lipinski definition) is 20. The maximum Gasteiger partial charge on any atom is 0.365 e. The van der Waals surface area contributed by atoms with Crippen molar-refractivity contribution in [1.82, 2.24) is 34.7 Å². The molecule has 0 aliphatic carbocycles. The van der Waals surface area contributed by atoms with E-state index in [1.165, 1.54) is 23.8 Å². The first-order chi connectivity index (χ1) is 45.4. The van der Waals surface area contributed by atoms with Gasteiger partial charge in [-0.15, -0.1) is 0 Å². The number of urea groups is 1. The largest absolute Gasteiger partial charge is 0.462 e. The molecule has 0 bridgehead atoms. The van der Waals surface area contributed by atoms with Gasteiger partial charge < -0.3 is 63.4 Å². The summed E-state index contributed by atoms with van der Waals surface area (Å²) in [4.78, 5) is 53.2. The van der Waals surface area contributed by atoms with Crippen LogP contribution in [0.2, 0.25) is 5.02 Å². The number of anilines is 2. The van der Waals surface area contributed by atoms with Gasteiger partial charge in [0.2, 0.25) is 5.91 Å². The highest BCUT2D eigenvalue weighted by Crippen LogP contribution is 2.51. The molecule has 5 heterocycles. The molecular weight excluding hydrogens is 1240 g/mol. The van der Waals surface area contributed by atoms with Gasteiger partial charge in [-0.25, -0.2) is 18.6 Å². The number of thioether (sulfide) groups is 1. The van der Waals surface area contributed by atoms with Crippen molar-refractivity contribution >= 4 is 62.6 Å². The number of aromatic nitrogens is 2. The maximum atomic E-state index is 15.0. The average Bonchev–Trinajstić information content (AvgIpc) is 1.66. The molecule has 0 radical (unpaired) electrons. The van der Waals surface area contributed by atoms with E-state index in [2.05, 4.69) is 62.1 Å². The van der Waals surface area contributed by atoms with Gasteiger partial charge in [-0.05, 0) is 101 Å². The van der Waals surface area contributed by atoms with E-state index >= 15 is 0 Å². The number of fused-ring (bicyclic) bond motifs is 2. The summed E-state index contributed by atoms with van der Waals surface area (Å²) in [6.07, 6.45) is 7.49. The molecule has 1 aromatic heterocycles.